The number of fused-ring (bicyclic) bond motifs is 2. The molecule has 5 heterocycles. The van der Waals surface area contributed by atoms with Crippen molar-refractivity contribution < 1.29 is 9.53 Å². The van der Waals surface area contributed by atoms with Crippen molar-refractivity contribution in [2.24, 2.45) is 0 Å². The number of thiophene rings is 1. The molecule has 3 aromatic rings. The molecule has 0 bridgehead atoms. The molecule has 0 atom stereocenters. The van der Waals surface area contributed by atoms with Gasteiger partial charge in [-0.15, -0.1) is 11.3 Å². The summed E-state index contributed by atoms with van der Waals surface area (Å²) in [5.74, 6) is 0.993. The summed E-state index contributed by atoms with van der Waals surface area (Å²) in [5, 5.41) is 0. The lowest BCUT2D eigenvalue weighted by atomic mass is 9.82. The Kier molecular flexibility index (Phi) is 4.94. The molecule has 2 aliphatic rings. The molecule has 31 heavy (non-hydrogen) atoms. The van der Waals surface area contributed by atoms with Gasteiger partial charge in [-0.3, -0.25) is 4.79 Å². The number of hydrogen-bond acceptors (Lipinski definition) is 8. The highest BCUT2D eigenvalue weighted by atomic mass is 32.1. The molecule has 0 radical (unpaired) electrons. The first-order valence-electron chi connectivity index (χ1n) is 10.4. The average molecular weight is 437 g/mol. The van der Waals surface area contributed by atoms with E-state index in [4.69, 9.17) is 10.5 Å². The van der Waals surface area contributed by atoms with Gasteiger partial charge in [0, 0.05) is 30.1 Å². The summed E-state index contributed by atoms with van der Waals surface area (Å²) in [6, 6.07) is 3.95. The third-order valence-electron chi connectivity index (χ3n) is 5.98. The highest BCUT2D eigenvalue weighted by molar-refractivity contribution is 7.15. The van der Waals surface area contributed by atoms with Crippen LogP contribution in [-0.4, -0.2) is 50.4 Å². The summed E-state index contributed by atoms with van der Waals surface area (Å²) < 4.78 is 6.36. The number of nitrogens with zero attached hydrogens (tertiary/aromatic N) is 5. The van der Waals surface area contributed by atoms with Crippen LogP contribution in [-0.2, 0) is 16.8 Å². The lowest BCUT2D eigenvalue weighted by Crippen LogP contribution is -2.48. The predicted octanol–water partition coefficient (Wildman–Crippen LogP) is 2.90. The molecule has 1 saturated heterocycles. The van der Waals surface area contributed by atoms with Crippen molar-refractivity contribution >= 4 is 23.1 Å². The van der Waals surface area contributed by atoms with E-state index in [-0.39, 0.29) is 11.5 Å². The average Bonchev–Trinajstić information content (AvgIpc) is 3.20. The number of rotatable bonds is 2. The molecule has 5 rings (SSSR count). The molecule has 0 aromatic carbocycles. The van der Waals surface area contributed by atoms with Gasteiger partial charge in [0.25, 0.3) is 5.91 Å². The fourth-order valence-electron chi connectivity index (χ4n) is 4.48. The minimum absolute atomic E-state index is 0.0392. The molecule has 2 N–H and O–H groups in total. The van der Waals surface area contributed by atoms with E-state index in [0.29, 0.717) is 37.0 Å². The van der Waals surface area contributed by atoms with Gasteiger partial charge in [-0.1, -0.05) is 0 Å². The Morgan fingerprint density at radius 2 is 1.97 bits per heavy atom. The number of aromatic nitrogens is 4. The normalized spacial score (nSPS) is 17.5. The maximum absolute atomic E-state index is 13.0. The third kappa shape index (κ3) is 3.68. The Bertz CT molecular complexity index is 1120. The topological polar surface area (TPSA) is 107 Å². The van der Waals surface area contributed by atoms with Crippen LogP contribution in [0, 0.1) is 13.8 Å². The number of anilines is 1. The molecule has 8 nitrogen and oxygen atoms in total. The van der Waals surface area contributed by atoms with E-state index in [1.165, 1.54) is 10.4 Å². The van der Waals surface area contributed by atoms with E-state index in [1.54, 1.807) is 29.8 Å². The van der Waals surface area contributed by atoms with Gasteiger partial charge in [0.05, 0.1) is 35.2 Å². The summed E-state index contributed by atoms with van der Waals surface area (Å²) in [6.07, 6.45) is 5.72. The van der Waals surface area contributed by atoms with Crippen molar-refractivity contribution in [3.63, 3.8) is 0 Å². The first kappa shape index (κ1) is 20.0. The number of nitrogen functional groups attached to an aromatic ring is 1. The summed E-state index contributed by atoms with van der Waals surface area (Å²) >= 11 is 1.75. The van der Waals surface area contributed by atoms with Crippen molar-refractivity contribution in [2.45, 2.75) is 38.7 Å². The van der Waals surface area contributed by atoms with E-state index in [2.05, 4.69) is 26.0 Å². The molecular formula is C22H24N6O2S. The number of amides is 1. The van der Waals surface area contributed by atoms with E-state index in [9.17, 15) is 4.79 Å². The van der Waals surface area contributed by atoms with Crippen LogP contribution in [0.4, 0.5) is 5.82 Å². The minimum Gasteiger partial charge on any atom is -0.382 e. The Hall–Kier alpha value is -2.91. The second-order valence-electron chi connectivity index (χ2n) is 8.10. The number of piperidine rings is 1. The predicted molar refractivity (Wildman–Crippen MR) is 118 cm³/mol. The Morgan fingerprint density at radius 3 is 2.68 bits per heavy atom. The van der Waals surface area contributed by atoms with Crippen molar-refractivity contribution in [3.8, 4) is 10.6 Å². The van der Waals surface area contributed by atoms with Crippen LogP contribution in [0.2, 0.25) is 0 Å². The maximum Gasteiger partial charge on any atom is 0.272 e. The molecule has 0 saturated carbocycles. The van der Waals surface area contributed by atoms with E-state index >= 15 is 0 Å². The Balaban J connectivity index is 1.37. The van der Waals surface area contributed by atoms with Gasteiger partial charge in [0.2, 0.25) is 0 Å². The van der Waals surface area contributed by atoms with Gasteiger partial charge in [-0.2, -0.15) is 0 Å². The zero-order valence-electron chi connectivity index (χ0n) is 17.6. The van der Waals surface area contributed by atoms with Gasteiger partial charge in [-0.25, -0.2) is 19.9 Å². The van der Waals surface area contributed by atoms with Crippen LogP contribution in [0.5, 0.6) is 0 Å². The number of likely N-dealkylation sites (tertiary alicyclic amines) is 1. The zero-order valence-corrected chi connectivity index (χ0v) is 18.4. The summed E-state index contributed by atoms with van der Waals surface area (Å²) in [4.78, 5) is 34.5. The highest BCUT2D eigenvalue weighted by Crippen LogP contribution is 2.46. The van der Waals surface area contributed by atoms with Crippen LogP contribution in [0.3, 0.4) is 0 Å². The zero-order chi connectivity index (χ0) is 21.6. The van der Waals surface area contributed by atoms with Gasteiger partial charge in [-0.05, 0) is 44.4 Å². The Labute approximate surface area is 184 Å². The second kappa shape index (κ2) is 7.65. The molecule has 0 unspecified atom stereocenters. The van der Waals surface area contributed by atoms with Crippen LogP contribution >= 0.6 is 11.3 Å². The van der Waals surface area contributed by atoms with Gasteiger partial charge >= 0.3 is 0 Å². The summed E-state index contributed by atoms with van der Waals surface area (Å²) in [5.41, 5.74) is 8.66. The molecule has 9 heteroatoms. The largest absolute Gasteiger partial charge is 0.382 e. The van der Waals surface area contributed by atoms with Crippen molar-refractivity contribution in [2.75, 3.05) is 25.4 Å². The second-order valence-corrected chi connectivity index (χ2v) is 9.24. The lowest BCUT2D eigenvalue weighted by molar-refractivity contribution is -0.0926. The lowest BCUT2D eigenvalue weighted by Gasteiger charge is -2.44. The van der Waals surface area contributed by atoms with Crippen LogP contribution < -0.4 is 5.73 Å². The third-order valence-corrected chi connectivity index (χ3v) is 7.19. The van der Waals surface area contributed by atoms with E-state index in [0.717, 1.165) is 35.5 Å². The number of aryl methyl sites for hydroxylation is 2. The molecular weight excluding hydrogens is 412 g/mol. The molecule has 2 aliphatic heterocycles. The molecule has 160 valence electrons. The number of carbonyl (C=O) groups is 1. The molecule has 1 amide bonds. The van der Waals surface area contributed by atoms with Gasteiger partial charge in [0.15, 0.2) is 0 Å². The number of carbonyl (C=O) groups excluding carboxylic acids is 1. The van der Waals surface area contributed by atoms with Crippen LogP contribution in [0.25, 0.3) is 10.6 Å². The fourth-order valence-corrected chi connectivity index (χ4v) is 5.67. The standard InChI is InChI=1S/C22H24N6O2S/c1-13-9-16(27-14(2)26-13)21(29)28-6-4-22(5-7-28)15-10-19(31-18(15)3-8-30-22)17-11-25-20(23)12-24-17/h9-12H,3-8H2,1-2H3,(H2,23,25). The monoisotopic (exact) mass is 436 g/mol. The van der Waals surface area contributed by atoms with Crippen LogP contribution in [0.1, 0.15) is 45.3 Å². The SMILES string of the molecule is Cc1cc(C(=O)N2CCC3(CC2)OCCc2sc(-c4cnc(N)cn4)cc23)nc(C)n1. The van der Waals surface area contributed by atoms with E-state index in [1.807, 2.05) is 18.7 Å². The van der Waals surface area contributed by atoms with Crippen molar-refractivity contribution in [1.82, 2.24) is 24.8 Å². The summed E-state index contributed by atoms with van der Waals surface area (Å²) in [6.45, 7) is 5.65. The molecule has 1 fully saturated rings. The highest BCUT2D eigenvalue weighted by Gasteiger charge is 2.43. The quantitative estimate of drug-likeness (QED) is 0.658. The van der Waals surface area contributed by atoms with Crippen LogP contribution in [0.15, 0.2) is 24.5 Å². The maximum atomic E-state index is 13.0. The van der Waals surface area contributed by atoms with Gasteiger partial charge in [0.1, 0.15) is 17.3 Å². The Morgan fingerprint density at radius 1 is 1.16 bits per heavy atom. The molecule has 3 aromatic heterocycles. The smallest absolute Gasteiger partial charge is 0.272 e. The first-order valence-corrected chi connectivity index (χ1v) is 11.2. The van der Waals surface area contributed by atoms with Crippen molar-refractivity contribution in [3.05, 3.63) is 52.2 Å². The van der Waals surface area contributed by atoms with Gasteiger partial charge < -0.3 is 15.4 Å². The fraction of sp³-hybridized carbons (Fsp3) is 0.409. The van der Waals surface area contributed by atoms with Crippen molar-refractivity contribution in [1.29, 1.82) is 0 Å². The first-order chi connectivity index (χ1) is 14.9. The minimum atomic E-state index is -0.349. The molecule has 0 aliphatic carbocycles. The molecule has 1 spiro atoms. The summed E-state index contributed by atoms with van der Waals surface area (Å²) in [7, 11) is 0. The number of hydrogen-bond donors (Lipinski definition) is 1. The number of ether oxygens (including phenoxy) is 1. The number of nitrogens with two attached hydrogens (primary N) is 1. The van der Waals surface area contributed by atoms with E-state index < -0.39 is 0 Å².